The van der Waals surface area contributed by atoms with E-state index in [1.54, 1.807) is 12.3 Å². The minimum absolute atomic E-state index is 0. The lowest BCUT2D eigenvalue weighted by Gasteiger charge is -2.04. The number of carbonyl (C=O) groups is 1. The fourth-order valence-corrected chi connectivity index (χ4v) is 1.92. The molecule has 0 spiro atoms. The molecule has 1 amide bonds. The first-order valence-electron chi connectivity index (χ1n) is 4.09. The van der Waals surface area contributed by atoms with Crippen molar-refractivity contribution in [3.05, 3.63) is 35.9 Å². The van der Waals surface area contributed by atoms with Crippen molar-refractivity contribution >= 4 is 42.0 Å². The highest BCUT2D eigenvalue weighted by Gasteiger charge is 2.13. The van der Waals surface area contributed by atoms with E-state index in [4.69, 9.17) is 5.73 Å². The van der Waals surface area contributed by atoms with Gasteiger partial charge in [0.2, 0.25) is 5.91 Å². The molecule has 2 N–H and O–H groups in total. The monoisotopic (exact) mass is 240 g/mol. The van der Waals surface area contributed by atoms with Crippen LogP contribution in [-0.2, 0) is 4.79 Å². The number of hydrogen-bond acceptors (Lipinski definition) is 3. The van der Waals surface area contributed by atoms with Crippen LogP contribution in [0.1, 0.15) is 5.56 Å². The summed E-state index contributed by atoms with van der Waals surface area (Å²) in [6.07, 6.45) is 3.23. The van der Waals surface area contributed by atoms with Gasteiger partial charge in [0, 0.05) is 34.2 Å². The number of halogens is 1. The van der Waals surface area contributed by atoms with Gasteiger partial charge in [0.05, 0.1) is 0 Å². The van der Waals surface area contributed by atoms with Crippen molar-refractivity contribution in [3.8, 4) is 0 Å². The summed E-state index contributed by atoms with van der Waals surface area (Å²) in [5.74, 6) is -0.425. The number of fused-ring (bicyclic) bond motifs is 1. The topological polar surface area (TPSA) is 55.5 Å². The first-order chi connectivity index (χ1) is 6.79. The fourth-order valence-electron chi connectivity index (χ4n) is 1.27. The molecule has 5 heteroatoms. The minimum Gasteiger partial charge on any atom is -0.366 e. The first-order valence-corrected chi connectivity index (χ1v) is 4.86. The molecule has 0 unspecified atom stereocenters. The second kappa shape index (κ2) is 5.00. The van der Waals surface area contributed by atoms with E-state index in [0.717, 1.165) is 10.5 Å². The van der Waals surface area contributed by atoms with Crippen LogP contribution in [-0.4, -0.2) is 12.1 Å². The Morgan fingerprint density at radius 1 is 1.33 bits per heavy atom. The Morgan fingerprint density at radius 3 is 2.80 bits per heavy atom. The smallest absolute Gasteiger partial charge is 0.249 e. The van der Waals surface area contributed by atoms with E-state index in [0.29, 0.717) is 5.57 Å². The van der Waals surface area contributed by atoms with Crippen LogP contribution in [0.3, 0.4) is 0 Å². The van der Waals surface area contributed by atoms with Crippen molar-refractivity contribution in [1.29, 1.82) is 0 Å². The summed E-state index contributed by atoms with van der Waals surface area (Å²) in [6, 6.07) is 7.57. The largest absolute Gasteiger partial charge is 0.366 e. The minimum atomic E-state index is -0.425. The molecule has 0 aliphatic carbocycles. The highest BCUT2D eigenvalue weighted by molar-refractivity contribution is 7.98. The van der Waals surface area contributed by atoms with Crippen LogP contribution in [0.2, 0.25) is 0 Å². The van der Waals surface area contributed by atoms with Crippen LogP contribution in [0.15, 0.2) is 39.6 Å². The number of nitrogens with zero attached hydrogens (tertiary/aromatic N) is 1. The van der Waals surface area contributed by atoms with E-state index in [1.165, 1.54) is 11.9 Å². The van der Waals surface area contributed by atoms with Crippen molar-refractivity contribution in [2.24, 2.45) is 10.1 Å². The summed E-state index contributed by atoms with van der Waals surface area (Å²) in [6.45, 7) is 0. The van der Waals surface area contributed by atoms with E-state index < -0.39 is 5.91 Å². The van der Waals surface area contributed by atoms with Crippen molar-refractivity contribution in [1.82, 2.24) is 0 Å². The molecule has 0 saturated heterocycles. The second-order valence-corrected chi connectivity index (χ2v) is 3.62. The zero-order valence-corrected chi connectivity index (χ0v) is 9.35. The molecule has 1 aromatic carbocycles. The Bertz CT molecular complexity index is 443. The Balaban J connectivity index is 0.00000112. The van der Waals surface area contributed by atoms with E-state index in [9.17, 15) is 4.79 Å². The van der Waals surface area contributed by atoms with Crippen LogP contribution in [0.25, 0.3) is 5.57 Å². The zero-order valence-electron chi connectivity index (χ0n) is 7.71. The van der Waals surface area contributed by atoms with Crippen molar-refractivity contribution < 1.29 is 4.79 Å². The van der Waals surface area contributed by atoms with Crippen LogP contribution in [0.5, 0.6) is 0 Å². The maximum atomic E-state index is 11.2. The molecule has 2 rings (SSSR count). The molecular formula is C10H9ClN2OS. The molecule has 0 saturated carbocycles. The standard InChI is InChI=1S/C10H8N2OS.ClH/c11-10(13)8-5-6-12-14-9-4-2-1-3-7(8)9;/h1-6H,(H2,11,13);1H. The number of benzene rings is 1. The highest BCUT2D eigenvalue weighted by atomic mass is 35.5. The SMILES string of the molecule is Cl.NC(=O)C1=CC=NSc2ccccc21. The summed E-state index contributed by atoms with van der Waals surface area (Å²) in [5, 5.41) is 0. The van der Waals surface area contributed by atoms with E-state index in [-0.39, 0.29) is 12.4 Å². The van der Waals surface area contributed by atoms with Gasteiger partial charge in [-0.15, -0.1) is 12.4 Å². The number of amides is 1. The summed E-state index contributed by atoms with van der Waals surface area (Å²) in [5.41, 5.74) is 6.63. The van der Waals surface area contributed by atoms with Crippen LogP contribution in [0, 0.1) is 0 Å². The second-order valence-electron chi connectivity index (χ2n) is 2.79. The predicted molar refractivity (Wildman–Crippen MR) is 65.2 cm³/mol. The molecule has 1 heterocycles. The maximum Gasteiger partial charge on any atom is 0.249 e. The van der Waals surface area contributed by atoms with Gasteiger partial charge in [-0.1, -0.05) is 18.2 Å². The van der Waals surface area contributed by atoms with E-state index >= 15 is 0 Å². The Hall–Kier alpha value is -1.26. The summed E-state index contributed by atoms with van der Waals surface area (Å²) in [4.78, 5) is 12.1. The zero-order chi connectivity index (χ0) is 9.97. The Kier molecular flexibility index (Phi) is 3.94. The summed E-state index contributed by atoms with van der Waals surface area (Å²) < 4.78 is 4.05. The lowest BCUT2D eigenvalue weighted by molar-refractivity contribution is -0.112. The lowest BCUT2D eigenvalue weighted by atomic mass is 10.1. The van der Waals surface area contributed by atoms with Gasteiger partial charge in [0.15, 0.2) is 0 Å². The van der Waals surface area contributed by atoms with Gasteiger partial charge < -0.3 is 5.73 Å². The van der Waals surface area contributed by atoms with Crippen LogP contribution >= 0.6 is 24.4 Å². The fraction of sp³-hybridized carbons (Fsp3) is 0. The Morgan fingerprint density at radius 2 is 2.07 bits per heavy atom. The molecule has 0 aromatic heterocycles. The molecular weight excluding hydrogens is 232 g/mol. The third-order valence-corrected chi connectivity index (χ3v) is 2.68. The van der Waals surface area contributed by atoms with Gasteiger partial charge in [-0.2, -0.15) is 0 Å². The summed E-state index contributed by atoms with van der Waals surface area (Å²) >= 11 is 1.34. The van der Waals surface area contributed by atoms with Gasteiger partial charge >= 0.3 is 0 Å². The van der Waals surface area contributed by atoms with Gasteiger partial charge in [-0.05, 0) is 12.1 Å². The highest BCUT2D eigenvalue weighted by Crippen LogP contribution is 2.30. The van der Waals surface area contributed by atoms with Gasteiger partial charge in [0.1, 0.15) is 0 Å². The number of hydrogen-bond donors (Lipinski definition) is 1. The molecule has 0 atom stereocenters. The van der Waals surface area contributed by atoms with Crippen LogP contribution < -0.4 is 5.73 Å². The normalized spacial score (nSPS) is 13.2. The third kappa shape index (κ3) is 2.40. The van der Waals surface area contributed by atoms with Crippen molar-refractivity contribution in [3.63, 3.8) is 0 Å². The quantitative estimate of drug-likeness (QED) is 0.764. The number of nitrogens with two attached hydrogens (primary N) is 1. The van der Waals surface area contributed by atoms with Gasteiger partial charge in [0.25, 0.3) is 0 Å². The molecule has 0 fully saturated rings. The Labute approximate surface area is 98.0 Å². The number of allylic oxidation sites excluding steroid dienone is 1. The maximum absolute atomic E-state index is 11.2. The molecule has 1 aliphatic heterocycles. The summed E-state index contributed by atoms with van der Waals surface area (Å²) in [7, 11) is 0. The van der Waals surface area contributed by atoms with Crippen LogP contribution in [0.4, 0.5) is 0 Å². The molecule has 0 bridgehead atoms. The van der Waals surface area contributed by atoms with Gasteiger partial charge in [-0.25, -0.2) is 4.40 Å². The van der Waals surface area contributed by atoms with Crippen molar-refractivity contribution in [2.75, 3.05) is 0 Å². The molecule has 78 valence electrons. The molecule has 15 heavy (non-hydrogen) atoms. The van der Waals surface area contributed by atoms with Crippen molar-refractivity contribution in [2.45, 2.75) is 4.90 Å². The number of rotatable bonds is 1. The average Bonchev–Trinajstić information content (AvgIpc) is 2.39. The van der Waals surface area contributed by atoms with E-state index in [2.05, 4.69) is 4.40 Å². The first kappa shape index (κ1) is 11.8. The molecule has 3 nitrogen and oxygen atoms in total. The average molecular weight is 241 g/mol. The third-order valence-electron chi connectivity index (χ3n) is 1.90. The number of primary amides is 1. The molecule has 1 aromatic rings. The van der Waals surface area contributed by atoms with Gasteiger partial charge in [-0.3, -0.25) is 4.79 Å². The number of carbonyl (C=O) groups excluding carboxylic acids is 1. The van der Waals surface area contributed by atoms with E-state index in [1.807, 2.05) is 24.3 Å². The molecule has 0 radical (unpaired) electrons. The molecule has 1 aliphatic rings. The predicted octanol–water partition coefficient (Wildman–Crippen LogP) is 2.07. The lowest BCUT2D eigenvalue weighted by Crippen LogP contribution is -2.13.